The van der Waals surface area contributed by atoms with E-state index in [9.17, 15) is 13.2 Å². The molecule has 0 radical (unpaired) electrons. The number of furan rings is 2. The van der Waals surface area contributed by atoms with Gasteiger partial charge < -0.3 is 14.2 Å². The van der Waals surface area contributed by atoms with Crippen LogP contribution in [0.5, 0.6) is 0 Å². The second-order valence-corrected chi connectivity index (χ2v) is 9.51. The van der Waals surface area contributed by atoms with E-state index in [0.29, 0.717) is 6.54 Å². The van der Waals surface area contributed by atoms with Crippen molar-refractivity contribution in [2.45, 2.75) is 41.7 Å². The van der Waals surface area contributed by atoms with Crippen LogP contribution in [0.25, 0.3) is 0 Å². The predicted molar refractivity (Wildman–Crippen MR) is 114 cm³/mol. The molecule has 31 heavy (non-hydrogen) atoms. The Morgan fingerprint density at radius 1 is 0.968 bits per heavy atom. The van der Waals surface area contributed by atoms with Crippen molar-refractivity contribution in [3.8, 4) is 0 Å². The van der Waals surface area contributed by atoms with Crippen LogP contribution in [0.15, 0.2) is 79.7 Å². The van der Waals surface area contributed by atoms with Gasteiger partial charge in [-0.05, 0) is 62.3 Å². The van der Waals surface area contributed by atoms with Crippen molar-refractivity contribution >= 4 is 15.7 Å². The average Bonchev–Trinajstić information content (AvgIpc) is 3.43. The lowest BCUT2D eigenvalue weighted by Gasteiger charge is -2.29. The fourth-order valence-electron chi connectivity index (χ4n) is 3.88. The maximum atomic E-state index is 12.7. The largest absolute Gasteiger partial charge is 0.468 e. The van der Waals surface area contributed by atoms with Gasteiger partial charge in [0.25, 0.3) is 5.91 Å². The van der Waals surface area contributed by atoms with Gasteiger partial charge in [-0.2, -0.15) is 0 Å². The molecule has 0 saturated carbocycles. The maximum absolute atomic E-state index is 12.7. The summed E-state index contributed by atoms with van der Waals surface area (Å²) in [5, 5.41) is 2.63. The van der Waals surface area contributed by atoms with E-state index in [0.717, 1.165) is 31.7 Å². The van der Waals surface area contributed by atoms with Crippen LogP contribution < -0.4 is 5.32 Å². The van der Waals surface area contributed by atoms with Crippen LogP contribution in [0.3, 0.4) is 0 Å². The summed E-state index contributed by atoms with van der Waals surface area (Å²) >= 11 is 0. The number of likely N-dealkylation sites (tertiary alicyclic amines) is 1. The standard InChI is InChI=1S/C23H26N2O5S/c26-23(21-12-13-22(30-21)31(27,28)18-9-4-3-5-10-18)24-17-19(20-11-8-16-29-20)25-14-6-1-2-7-15-25/h3-5,8-13,16,19H,1-2,6-7,14-15,17H2,(H,24,26). The Morgan fingerprint density at radius 3 is 2.39 bits per heavy atom. The minimum absolute atomic E-state index is 0.0384. The average molecular weight is 443 g/mol. The number of hydrogen-bond donors (Lipinski definition) is 1. The van der Waals surface area contributed by atoms with Gasteiger partial charge in [0.15, 0.2) is 5.76 Å². The summed E-state index contributed by atoms with van der Waals surface area (Å²) in [7, 11) is -3.81. The Morgan fingerprint density at radius 2 is 1.71 bits per heavy atom. The summed E-state index contributed by atoms with van der Waals surface area (Å²) in [6.07, 6.45) is 6.28. The molecule has 1 saturated heterocycles. The Hall–Kier alpha value is -2.84. The van der Waals surface area contributed by atoms with Crippen molar-refractivity contribution in [2.75, 3.05) is 19.6 Å². The molecule has 0 aliphatic carbocycles. The molecule has 0 bridgehead atoms. The minimum Gasteiger partial charge on any atom is -0.468 e. The van der Waals surface area contributed by atoms with Crippen molar-refractivity contribution in [3.05, 3.63) is 72.4 Å². The van der Waals surface area contributed by atoms with Gasteiger partial charge in [-0.3, -0.25) is 9.69 Å². The summed E-state index contributed by atoms with van der Waals surface area (Å²) in [5.74, 6) is 0.304. The van der Waals surface area contributed by atoms with Crippen LogP contribution in [0.4, 0.5) is 0 Å². The number of hydrogen-bond acceptors (Lipinski definition) is 6. The van der Waals surface area contributed by atoms with Gasteiger partial charge in [-0.25, -0.2) is 8.42 Å². The lowest BCUT2D eigenvalue weighted by Crippen LogP contribution is -2.38. The first-order valence-corrected chi connectivity index (χ1v) is 12.0. The van der Waals surface area contributed by atoms with Crippen LogP contribution in [-0.4, -0.2) is 38.9 Å². The molecular formula is C23H26N2O5S. The normalized spacial score (nSPS) is 16.5. The highest BCUT2D eigenvalue weighted by Gasteiger charge is 2.26. The summed E-state index contributed by atoms with van der Waals surface area (Å²) in [6.45, 7) is 2.23. The Bertz CT molecular complexity index is 1080. The zero-order valence-electron chi connectivity index (χ0n) is 17.2. The van der Waals surface area contributed by atoms with E-state index >= 15 is 0 Å². The topological polar surface area (TPSA) is 92.8 Å². The van der Waals surface area contributed by atoms with E-state index in [1.54, 1.807) is 24.5 Å². The molecule has 1 N–H and O–H groups in total. The first-order valence-electron chi connectivity index (χ1n) is 10.5. The molecule has 0 spiro atoms. The van der Waals surface area contributed by atoms with Crippen LogP contribution in [0.2, 0.25) is 0 Å². The summed E-state index contributed by atoms with van der Waals surface area (Å²) in [6, 6.07) is 14.4. The summed E-state index contributed by atoms with van der Waals surface area (Å²) < 4.78 is 36.4. The molecule has 2 aromatic heterocycles. The molecule has 1 aliphatic heterocycles. The molecule has 1 aliphatic rings. The fraction of sp³-hybridized carbons (Fsp3) is 0.348. The van der Waals surface area contributed by atoms with E-state index in [1.165, 1.54) is 37.1 Å². The van der Waals surface area contributed by atoms with Gasteiger partial charge in [-0.1, -0.05) is 31.0 Å². The number of carbonyl (C=O) groups excluding carboxylic acids is 1. The van der Waals surface area contributed by atoms with Gasteiger partial charge in [0.1, 0.15) is 5.76 Å². The van der Waals surface area contributed by atoms with Crippen LogP contribution in [0, 0.1) is 0 Å². The lowest BCUT2D eigenvalue weighted by atomic mass is 10.1. The molecule has 1 amide bonds. The highest BCUT2D eigenvalue weighted by Crippen LogP contribution is 2.25. The number of rotatable bonds is 7. The number of nitrogens with one attached hydrogen (secondary N) is 1. The van der Waals surface area contributed by atoms with Gasteiger partial charge in [0, 0.05) is 6.54 Å². The number of benzene rings is 1. The summed E-state index contributed by atoms with van der Waals surface area (Å²) in [4.78, 5) is 15.2. The molecule has 4 rings (SSSR count). The van der Waals surface area contributed by atoms with E-state index in [4.69, 9.17) is 8.83 Å². The van der Waals surface area contributed by atoms with Crippen molar-refractivity contribution in [1.29, 1.82) is 0 Å². The summed E-state index contributed by atoms with van der Waals surface area (Å²) in [5.41, 5.74) is 0. The van der Waals surface area contributed by atoms with Crippen molar-refractivity contribution < 1.29 is 22.0 Å². The van der Waals surface area contributed by atoms with Gasteiger partial charge in [-0.15, -0.1) is 0 Å². The van der Waals surface area contributed by atoms with E-state index < -0.39 is 15.7 Å². The highest BCUT2D eigenvalue weighted by molar-refractivity contribution is 7.91. The van der Waals surface area contributed by atoms with Crippen molar-refractivity contribution in [2.24, 2.45) is 0 Å². The van der Waals surface area contributed by atoms with E-state index in [-0.39, 0.29) is 21.8 Å². The van der Waals surface area contributed by atoms with E-state index in [1.807, 2.05) is 12.1 Å². The number of carbonyl (C=O) groups is 1. The molecule has 1 fully saturated rings. The molecule has 164 valence electrons. The second-order valence-electron chi connectivity index (χ2n) is 7.63. The molecule has 7 nitrogen and oxygen atoms in total. The number of nitrogens with zero attached hydrogens (tertiary/aromatic N) is 1. The first kappa shape index (κ1) is 21.4. The molecule has 1 atom stereocenters. The predicted octanol–water partition coefficient (Wildman–Crippen LogP) is 4.05. The number of sulfone groups is 1. The monoisotopic (exact) mass is 442 g/mol. The van der Waals surface area contributed by atoms with Gasteiger partial charge in [0.2, 0.25) is 14.9 Å². The lowest BCUT2D eigenvalue weighted by molar-refractivity contribution is 0.0894. The molecule has 1 unspecified atom stereocenters. The zero-order valence-corrected chi connectivity index (χ0v) is 18.0. The quantitative estimate of drug-likeness (QED) is 0.593. The second kappa shape index (κ2) is 9.53. The molecular weight excluding hydrogens is 416 g/mol. The smallest absolute Gasteiger partial charge is 0.287 e. The number of amides is 1. The minimum atomic E-state index is -3.81. The first-order chi connectivity index (χ1) is 15.1. The van der Waals surface area contributed by atoms with Crippen molar-refractivity contribution in [3.63, 3.8) is 0 Å². The van der Waals surface area contributed by atoms with Crippen LogP contribution in [0.1, 0.15) is 48.0 Å². The third kappa shape index (κ3) is 4.91. The van der Waals surface area contributed by atoms with Gasteiger partial charge in [0.05, 0.1) is 17.2 Å². The molecule has 3 heterocycles. The van der Waals surface area contributed by atoms with Crippen LogP contribution >= 0.6 is 0 Å². The molecule has 8 heteroatoms. The third-order valence-electron chi connectivity index (χ3n) is 5.53. The molecule has 1 aromatic carbocycles. The maximum Gasteiger partial charge on any atom is 0.287 e. The zero-order chi connectivity index (χ0) is 21.7. The Kier molecular flexibility index (Phi) is 6.58. The fourth-order valence-corrected chi connectivity index (χ4v) is 5.07. The SMILES string of the molecule is O=C(NCC(c1ccco1)N1CCCCCC1)c1ccc(S(=O)(=O)c2ccccc2)o1. The Labute approximate surface area is 182 Å². The van der Waals surface area contributed by atoms with E-state index in [2.05, 4.69) is 10.2 Å². The third-order valence-corrected chi connectivity index (χ3v) is 7.17. The Balaban J connectivity index is 1.46. The van der Waals surface area contributed by atoms with Gasteiger partial charge >= 0.3 is 0 Å². The molecule has 3 aromatic rings. The highest BCUT2D eigenvalue weighted by atomic mass is 32.2. The van der Waals surface area contributed by atoms with Crippen molar-refractivity contribution in [1.82, 2.24) is 10.2 Å². The van der Waals surface area contributed by atoms with Crippen LogP contribution in [-0.2, 0) is 9.84 Å².